The Morgan fingerprint density at radius 1 is 1.34 bits per heavy atom. The molecule has 5 rings (SSSR count). The van der Waals surface area contributed by atoms with E-state index in [1.807, 2.05) is 23.1 Å². The number of hydrogen-bond acceptors (Lipinski definition) is 7. The Bertz CT molecular complexity index is 955. The van der Waals surface area contributed by atoms with Gasteiger partial charge >= 0.3 is 0 Å². The lowest BCUT2D eigenvalue weighted by atomic mass is 9.73. The molecule has 2 saturated heterocycles. The van der Waals surface area contributed by atoms with Gasteiger partial charge in [-0.1, -0.05) is 29.5 Å². The van der Waals surface area contributed by atoms with Crippen LogP contribution in [-0.2, 0) is 27.4 Å². The number of para-hydroxylation sites is 1. The van der Waals surface area contributed by atoms with Gasteiger partial charge in [-0.05, 0) is 18.1 Å². The van der Waals surface area contributed by atoms with Crippen LogP contribution in [0.2, 0.25) is 0 Å². The molecule has 152 valence electrons. The minimum atomic E-state index is -0.327. The summed E-state index contributed by atoms with van der Waals surface area (Å²) < 4.78 is 11.0. The number of ether oxygens (including phenoxy) is 2. The van der Waals surface area contributed by atoms with Gasteiger partial charge in [-0.15, -0.1) is 10.2 Å². The van der Waals surface area contributed by atoms with Crippen LogP contribution < -0.4 is 9.64 Å². The zero-order valence-corrected chi connectivity index (χ0v) is 17.0. The molecule has 2 amide bonds. The monoisotopic (exact) mass is 414 g/mol. The van der Waals surface area contributed by atoms with Crippen LogP contribution in [0.5, 0.6) is 5.75 Å². The van der Waals surface area contributed by atoms with Gasteiger partial charge in [0.15, 0.2) is 0 Å². The van der Waals surface area contributed by atoms with Crippen molar-refractivity contribution in [3.05, 3.63) is 34.8 Å². The third kappa shape index (κ3) is 3.28. The molecule has 2 fully saturated rings. The molecule has 2 aromatic rings. The van der Waals surface area contributed by atoms with E-state index in [9.17, 15) is 9.59 Å². The van der Waals surface area contributed by atoms with Gasteiger partial charge in [0.25, 0.3) is 0 Å². The maximum atomic E-state index is 13.0. The minimum Gasteiger partial charge on any atom is -0.493 e. The van der Waals surface area contributed by atoms with Gasteiger partial charge in [0.1, 0.15) is 17.4 Å². The minimum absolute atomic E-state index is 0.000591. The number of hydrogen-bond donors (Lipinski definition) is 0. The molecule has 0 saturated carbocycles. The number of amides is 2. The molecule has 29 heavy (non-hydrogen) atoms. The predicted molar refractivity (Wildman–Crippen MR) is 106 cm³/mol. The van der Waals surface area contributed by atoms with Gasteiger partial charge in [-0.2, -0.15) is 0 Å². The number of fused-ring (bicyclic) bond motifs is 1. The third-order valence-corrected chi connectivity index (χ3v) is 6.79. The van der Waals surface area contributed by atoms with Gasteiger partial charge in [0.2, 0.25) is 16.9 Å². The van der Waals surface area contributed by atoms with E-state index in [1.165, 1.54) is 16.9 Å². The number of likely N-dealkylation sites (tertiary alicyclic amines) is 1. The summed E-state index contributed by atoms with van der Waals surface area (Å²) in [6.07, 6.45) is 1.15. The van der Waals surface area contributed by atoms with Crippen molar-refractivity contribution in [2.75, 3.05) is 38.3 Å². The van der Waals surface area contributed by atoms with E-state index in [-0.39, 0.29) is 29.6 Å². The van der Waals surface area contributed by atoms with E-state index in [4.69, 9.17) is 9.47 Å². The van der Waals surface area contributed by atoms with E-state index >= 15 is 0 Å². The van der Waals surface area contributed by atoms with Crippen LogP contribution in [0.15, 0.2) is 24.3 Å². The van der Waals surface area contributed by atoms with Crippen LogP contribution in [0.4, 0.5) is 5.13 Å². The molecule has 4 heterocycles. The summed E-state index contributed by atoms with van der Waals surface area (Å²) in [5.41, 5.74) is 1.21. The SMILES string of the molecule is COCc1nnc(N2CC(C(=O)N3CC4(COc5ccccc5C4)C3)CC2=O)s1. The van der Waals surface area contributed by atoms with E-state index in [2.05, 4.69) is 16.3 Å². The van der Waals surface area contributed by atoms with Crippen LogP contribution in [0.3, 0.4) is 0 Å². The van der Waals surface area contributed by atoms with Crippen molar-refractivity contribution >= 4 is 28.3 Å². The Balaban J connectivity index is 1.21. The molecule has 0 radical (unpaired) electrons. The molecule has 0 bridgehead atoms. The van der Waals surface area contributed by atoms with E-state index in [1.54, 1.807) is 12.0 Å². The lowest BCUT2D eigenvalue weighted by Gasteiger charge is -2.52. The largest absolute Gasteiger partial charge is 0.493 e. The number of carbonyl (C=O) groups excluding carboxylic acids is 2. The average molecular weight is 414 g/mol. The number of nitrogens with zero attached hydrogens (tertiary/aromatic N) is 4. The number of methoxy groups -OCH3 is 1. The van der Waals surface area contributed by atoms with Gasteiger partial charge in [-0.25, -0.2) is 0 Å². The first-order valence-electron chi connectivity index (χ1n) is 9.68. The van der Waals surface area contributed by atoms with E-state index < -0.39 is 0 Å². The molecule has 1 aromatic heterocycles. The topological polar surface area (TPSA) is 84.9 Å². The summed E-state index contributed by atoms with van der Waals surface area (Å²) >= 11 is 1.33. The Morgan fingerprint density at radius 3 is 3.00 bits per heavy atom. The molecule has 1 unspecified atom stereocenters. The normalized spacial score (nSPS) is 22.4. The van der Waals surface area contributed by atoms with Crippen molar-refractivity contribution < 1.29 is 19.1 Å². The van der Waals surface area contributed by atoms with Crippen molar-refractivity contribution in [1.82, 2.24) is 15.1 Å². The first-order chi connectivity index (χ1) is 14.1. The summed E-state index contributed by atoms with van der Waals surface area (Å²) in [7, 11) is 1.59. The van der Waals surface area contributed by atoms with Gasteiger partial charge < -0.3 is 14.4 Å². The zero-order chi connectivity index (χ0) is 20.0. The lowest BCUT2D eigenvalue weighted by molar-refractivity contribution is -0.150. The molecular formula is C20H22N4O4S. The van der Waals surface area contributed by atoms with Crippen molar-refractivity contribution in [2.45, 2.75) is 19.4 Å². The highest BCUT2D eigenvalue weighted by Crippen LogP contribution is 2.42. The maximum absolute atomic E-state index is 13.0. The molecule has 9 heteroatoms. The molecule has 3 aliphatic heterocycles. The van der Waals surface area contributed by atoms with Gasteiger partial charge in [-0.3, -0.25) is 14.5 Å². The summed E-state index contributed by atoms with van der Waals surface area (Å²) in [6.45, 7) is 2.73. The standard InChI is InChI=1S/C20H22N4O4S/c1-27-9-16-21-22-19(29-16)24-8-14(6-17(24)25)18(26)23-10-20(11-23)7-13-4-2-3-5-15(13)28-12-20/h2-5,14H,6-12H2,1H3. The summed E-state index contributed by atoms with van der Waals surface area (Å²) in [5.74, 6) is 0.594. The molecule has 0 aliphatic carbocycles. The summed E-state index contributed by atoms with van der Waals surface area (Å²) in [4.78, 5) is 28.9. The molecule has 1 aromatic carbocycles. The highest BCUT2D eigenvalue weighted by molar-refractivity contribution is 7.15. The molecule has 3 aliphatic rings. The van der Waals surface area contributed by atoms with Crippen molar-refractivity contribution in [3.8, 4) is 5.75 Å². The second-order valence-electron chi connectivity index (χ2n) is 8.08. The highest BCUT2D eigenvalue weighted by Gasteiger charge is 2.50. The van der Waals surface area contributed by atoms with Crippen molar-refractivity contribution in [1.29, 1.82) is 0 Å². The predicted octanol–water partition coefficient (Wildman–Crippen LogP) is 1.50. The van der Waals surface area contributed by atoms with Crippen LogP contribution in [0, 0.1) is 11.3 Å². The Labute approximate surface area is 172 Å². The average Bonchev–Trinajstić information content (AvgIpc) is 3.32. The van der Waals surface area contributed by atoms with Crippen molar-refractivity contribution in [3.63, 3.8) is 0 Å². The van der Waals surface area contributed by atoms with E-state index in [0.717, 1.165) is 12.2 Å². The quantitative estimate of drug-likeness (QED) is 0.754. The molecule has 8 nitrogen and oxygen atoms in total. The van der Waals surface area contributed by atoms with Crippen LogP contribution in [0.1, 0.15) is 17.0 Å². The fraction of sp³-hybridized carbons (Fsp3) is 0.500. The van der Waals surface area contributed by atoms with Crippen LogP contribution in [0.25, 0.3) is 0 Å². The Hall–Kier alpha value is -2.52. The second-order valence-corrected chi connectivity index (χ2v) is 9.12. The van der Waals surface area contributed by atoms with Crippen LogP contribution in [-0.4, -0.2) is 60.3 Å². The fourth-order valence-corrected chi connectivity index (χ4v) is 5.29. The maximum Gasteiger partial charge on any atom is 0.229 e. The highest BCUT2D eigenvalue weighted by atomic mass is 32.1. The number of benzene rings is 1. The van der Waals surface area contributed by atoms with Crippen LogP contribution >= 0.6 is 11.3 Å². The van der Waals surface area contributed by atoms with Crippen molar-refractivity contribution in [2.24, 2.45) is 11.3 Å². The Kier molecular flexibility index (Phi) is 4.51. The smallest absolute Gasteiger partial charge is 0.229 e. The molecule has 0 N–H and O–H groups in total. The molecule has 1 atom stereocenters. The van der Waals surface area contributed by atoms with Gasteiger partial charge in [0, 0.05) is 38.6 Å². The molecular weight excluding hydrogens is 392 g/mol. The first kappa shape index (κ1) is 18.5. The van der Waals surface area contributed by atoms with Gasteiger partial charge in [0.05, 0.1) is 12.5 Å². The first-order valence-corrected chi connectivity index (χ1v) is 10.5. The Morgan fingerprint density at radius 2 is 2.17 bits per heavy atom. The van der Waals surface area contributed by atoms with E-state index in [0.29, 0.717) is 43.0 Å². The molecule has 1 spiro atoms. The lowest BCUT2D eigenvalue weighted by Crippen LogP contribution is -2.63. The number of anilines is 1. The summed E-state index contributed by atoms with van der Waals surface area (Å²) in [5, 5.41) is 9.37. The third-order valence-electron chi connectivity index (χ3n) is 5.87. The summed E-state index contributed by atoms with van der Waals surface area (Å²) in [6, 6.07) is 8.09. The number of carbonyl (C=O) groups is 2. The second kappa shape index (κ2) is 7.07. The number of rotatable bonds is 4. The number of aromatic nitrogens is 2. The zero-order valence-electron chi connectivity index (χ0n) is 16.2. The fourth-order valence-electron chi connectivity index (χ4n) is 4.45.